The number of nitrogens with zero attached hydrogens (tertiary/aromatic N) is 1. The zero-order chi connectivity index (χ0) is 25.2. The van der Waals surface area contributed by atoms with Crippen LogP contribution in [0.25, 0.3) is 5.76 Å². The van der Waals surface area contributed by atoms with Crippen molar-refractivity contribution in [2.75, 3.05) is 20.5 Å². The molecule has 0 aromatic heterocycles. The first-order valence-electron chi connectivity index (χ1n) is 11.5. The summed E-state index contributed by atoms with van der Waals surface area (Å²) in [4.78, 5) is 28.0. The summed E-state index contributed by atoms with van der Waals surface area (Å²) in [5, 5.41) is 11.3. The second-order valence-electron chi connectivity index (χ2n) is 8.35. The lowest BCUT2D eigenvalue weighted by Crippen LogP contribution is -2.29. The fourth-order valence-corrected chi connectivity index (χ4v) is 4.43. The summed E-state index contributed by atoms with van der Waals surface area (Å²) in [6.07, 6.45) is 0. The number of rotatable bonds is 7. The average Bonchev–Trinajstić information content (AvgIpc) is 3.47. The van der Waals surface area contributed by atoms with E-state index in [1.807, 2.05) is 19.1 Å². The van der Waals surface area contributed by atoms with Gasteiger partial charge in [-0.05, 0) is 60.5 Å². The first-order chi connectivity index (χ1) is 17.5. The van der Waals surface area contributed by atoms with Crippen molar-refractivity contribution in [1.29, 1.82) is 0 Å². The molecule has 0 radical (unpaired) electrons. The molecule has 36 heavy (non-hydrogen) atoms. The number of hydrogen-bond acceptors (Lipinski definition) is 7. The highest BCUT2D eigenvalue weighted by Gasteiger charge is 2.46. The van der Waals surface area contributed by atoms with E-state index in [-0.39, 0.29) is 24.7 Å². The molecule has 0 bridgehead atoms. The number of benzene rings is 3. The van der Waals surface area contributed by atoms with E-state index in [1.165, 1.54) is 4.90 Å². The fourth-order valence-electron chi connectivity index (χ4n) is 4.43. The Kier molecular flexibility index (Phi) is 6.25. The van der Waals surface area contributed by atoms with Crippen LogP contribution in [0.2, 0.25) is 0 Å². The first kappa shape index (κ1) is 23.3. The highest BCUT2D eigenvalue weighted by molar-refractivity contribution is 6.46. The Labute approximate surface area is 208 Å². The van der Waals surface area contributed by atoms with Crippen LogP contribution in [0.5, 0.6) is 23.0 Å². The van der Waals surface area contributed by atoms with Crippen LogP contribution >= 0.6 is 0 Å². The van der Waals surface area contributed by atoms with Crippen molar-refractivity contribution >= 4 is 17.4 Å². The van der Waals surface area contributed by atoms with E-state index in [2.05, 4.69) is 0 Å². The maximum atomic E-state index is 13.3. The molecular formula is C28H25NO7. The minimum atomic E-state index is -0.798. The molecule has 1 unspecified atom stereocenters. The van der Waals surface area contributed by atoms with Crippen LogP contribution < -0.4 is 18.9 Å². The van der Waals surface area contributed by atoms with Crippen molar-refractivity contribution in [3.63, 3.8) is 0 Å². The SMILES string of the molecule is CCOc1ccc(C2/C(=C(/O)c3ccc4c(c3)OCO4)C(=O)C(=O)N2Cc2ccc(OC)cc2)cc1. The largest absolute Gasteiger partial charge is 0.507 e. The number of amides is 1. The van der Waals surface area contributed by atoms with E-state index in [0.717, 1.165) is 5.56 Å². The maximum absolute atomic E-state index is 13.3. The number of carbonyl (C=O) groups excluding carboxylic acids is 2. The Hall–Kier alpha value is -4.46. The third-order valence-electron chi connectivity index (χ3n) is 6.20. The third-order valence-corrected chi connectivity index (χ3v) is 6.20. The lowest BCUT2D eigenvalue weighted by molar-refractivity contribution is -0.140. The number of hydrogen-bond donors (Lipinski definition) is 1. The lowest BCUT2D eigenvalue weighted by atomic mass is 9.95. The van der Waals surface area contributed by atoms with Gasteiger partial charge in [-0.15, -0.1) is 0 Å². The van der Waals surface area contributed by atoms with Gasteiger partial charge in [0.05, 0.1) is 25.3 Å². The van der Waals surface area contributed by atoms with E-state index < -0.39 is 17.7 Å². The van der Waals surface area contributed by atoms with Crippen LogP contribution in [0.3, 0.4) is 0 Å². The Balaban J connectivity index is 1.59. The van der Waals surface area contributed by atoms with E-state index in [0.29, 0.717) is 40.7 Å². The molecule has 5 rings (SSSR count). The number of ketones is 1. The van der Waals surface area contributed by atoms with Gasteiger partial charge in [-0.25, -0.2) is 0 Å². The Morgan fingerprint density at radius 2 is 1.67 bits per heavy atom. The number of ether oxygens (including phenoxy) is 4. The quantitative estimate of drug-likeness (QED) is 0.299. The molecule has 1 N–H and O–H groups in total. The van der Waals surface area contributed by atoms with Gasteiger partial charge in [-0.1, -0.05) is 24.3 Å². The molecule has 0 saturated carbocycles. The number of methoxy groups -OCH3 is 1. The zero-order valence-corrected chi connectivity index (χ0v) is 19.9. The highest BCUT2D eigenvalue weighted by atomic mass is 16.7. The van der Waals surface area contributed by atoms with Gasteiger partial charge in [0, 0.05) is 12.1 Å². The molecule has 3 aromatic carbocycles. The molecule has 8 heteroatoms. The van der Waals surface area contributed by atoms with Crippen LogP contribution in [-0.2, 0) is 16.1 Å². The van der Waals surface area contributed by atoms with Crippen molar-refractivity contribution in [2.45, 2.75) is 19.5 Å². The van der Waals surface area contributed by atoms with Crippen LogP contribution in [0.1, 0.15) is 29.7 Å². The van der Waals surface area contributed by atoms with E-state index in [9.17, 15) is 14.7 Å². The second kappa shape index (κ2) is 9.65. The molecule has 8 nitrogen and oxygen atoms in total. The lowest BCUT2D eigenvalue weighted by Gasteiger charge is -2.25. The van der Waals surface area contributed by atoms with E-state index >= 15 is 0 Å². The van der Waals surface area contributed by atoms with Crippen molar-refractivity contribution in [3.8, 4) is 23.0 Å². The van der Waals surface area contributed by atoms with Crippen molar-refractivity contribution in [2.24, 2.45) is 0 Å². The van der Waals surface area contributed by atoms with Gasteiger partial charge in [-0.2, -0.15) is 0 Å². The molecule has 0 aliphatic carbocycles. The summed E-state index contributed by atoms with van der Waals surface area (Å²) in [6.45, 7) is 2.66. The fraction of sp³-hybridized carbons (Fsp3) is 0.214. The van der Waals surface area contributed by atoms with Crippen LogP contribution in [0.15, 0.2) is 72.3 Å². The molecule has 2 aliphatic heterocycles. The molecule has 2 heterocycles. The van der Waals surface area contributed by atoms with Crippen molar-refractivity contribution < 1.29 is 33.6 Å². The van der Waals surface area contributed by atoms with Crippen LogP contribution in [0, 0.1) is 0 Å². The summed E-state index contributed by atoms with van der Waals surface area (Å²) < 4.78 is 21.5. The normalized spacial score (nSPS) is 17.9. The molecule has 1 saturated heterocycles. The summed E-state index contributed by atoms with van der Waals surface area (Å²) in [7, 11) is 1.58. The van der Waals surface area contributed by atoms with Gasteiger partial charge in [0.1, 0.15) is 17.3 Å². The molecule has 184 valence electrons. The minimum absolute atomic E-state index is 0.0107. The predicted octanol–water partition coefficient (Wildman–Crippen LogP) is 4.44. The van der Waals surface area contributed by atoms with Crippen LogP contribution in [-0.4, -0.2) is 42.2 Å². The average molecular weight is 488 g/mol. The summed E-state index contributed by atoms with van der Waals surface area (Å²) >= 11 is 0. The Bertz CT molecular complexity index is 1330. The summed E-state index contributed by atoms with van der Waals surface area (Å²) in [5.41, 5.74) is 1.86. The number of aliphatic hydroxyl groups excluding tert-OH is 1. The number of fused-ring (bicyclic) bond motifs is 1. The van der Waals surface area contributed by atoms with Gasteiger partial charge >= 0.3 is 0 Å². The maximum Gasteiger partial charge on any atom is 0.295 e. The van der Waals surface area contributed by atoms with Crippen molar-refractivity contribution in [1.82, 2.24) is 4.90 Å². The third kappa shape index (κ3) is 4.22. The minimum Gasteiger partial charge on any atom is -0.507 e. The topological polar surface area (TPSA) is 94.5 Å². The van der Waals surface area contributed by atoms with Gasteiger partial charge in [0.25, 0.3) is 11.7 Å². The highest BCUT2D eigenvalue weighted by Crippen LogP contribution is 2.42. The smallest absolute Gasteiger partial charge is 0.295 e. The summed E-state index contributed by atoms with van der Waals surface area (Å²) in [6, 6.07) is 18.5. The number of likely N-dealkylation sites (tertiary alicyclic amines) is 1. The molecule has 1 fully saturated rings. The van der Waals surface area contributed by atoms with Gasteiger partial charge in [0.15, 0.2) is 11.5 Å². The number of carbonyl (C=O) groups is 2. The summed E-state index contributed by atoms with van der Waals surface area (Å²) in [5.74, 6) is 0.654. The monoisotopic (exact) mass is 487 g/mol. The standard InChI is InChI=1S/C28H25NO7/c1-3-34-21-11-6-18(7-12-21)25-24(26(30)19-8-13-22-23(14-19)36-16-35-22)27(31)28(32)29(25)15-17-4-9-20(33-2)10-5-17/h4-14,25,30H,3,15-16H2,1-2H3/b26-24-. The van der Waals surface area contributed by atoms with Crippen LogP contribution in [0.4, 0.5) is 0 Å². The molecule has 1 atom stereocenters. The number of Topliss-reactive ketones (excluding diaryl/α,β-unsaturated/α-hetero) is 1. The molecular weight excluding hydrogens is 462 g/mol. The predicted molar refractivity (Wildman–Crippen MR) is 131 cm³/mol. The molecule has 2 aliphatic rings. The Morgan fingerprint density at radius 3 is 2.36 bits per heavy atom. The second-order valence-corrected chi connectivity index (χ2v) is 8.35. The molecule has 0 spiro atoms. The van der Waals surface area contributed by atoms with Gasteiger partial charge in [0.2, 0.25) is 6.79 Å². The van der Waals surface area contributed by atoms with Gasteiger partial charge in [-0.3, -0.25) is 9.59 Å². The van der Waals surface area contributed by atoms with E-state index in [4.69, 9.17) is 18.9 Å². The van der Waals surface area contributed by atoms with E-state index in [1.54, 1.807) is 61.7 Å². The molecule has 3 aromatic rings. The number of aliphatic hydroxyl groups is 1. The Morgan fingerprint density at radius 1 is 0.972 bits per heavy atom. The van der Waals surface area contributed by atoms with Gasteiger partial charge < -0.3 is 29.0 Å². The van der Waals surface area contributed by atoms with Crippen molar-refractivity contribution in [3.05, 3.63) is 89.0 Å². The zero-order valence-electron chi connectivity index (χ0n) is 19.9. The molecule has 1 amide bonds. The first-order valence-corrected chi connectivity index (χ1v) is 11.5.